The number of aromatic nitrogens is 1. The molecule has 0 atom stereocenters. The van der Waals surface area contributed by atoms with E-state index >= 15 is 0 Å². The van der Waals surface area contributed by atoms with Crippen molar-refractivity contribution in [2.75, 3.05) is 10.6 Å². The average Bonchev–Trinajstić information content (AvgIpc) is 2.98. The van der Waals surface area contributed by atoms with Gasteiger partial charge >= 0.3 is 0 Å². The molecule has 3 rings (SSSR count). The van der Waals surface area contributed by atoms with E-state index in [4.69, 9.17) is 23.2 Å². The number of hydrogen-bond donors (Lipinski definition) is 2. The standard InChI is InChI=1S/C17H12Cl2FN3OS/c18-10-2-1-3-11(6-10)22-17-23-13(9-25-17)8-16(24)21-12-4-5-15(20)14(19)7-12/h1-7,9H,8H2,(H,21,24)(H,22,23). The van der Waals surface area contributed by atoms with Crippen LogP contribution in [-0.4, -0.2) is 10.9 Å². The minimum atomic E-state index is -0.532. The summed E-state index contributed by atoms with van der Waals surface area (Å²) in [6.45, 7) is 0. The van der Waals surface area contributed by atoms with E-state index < -0.39 is 5.82 Å². The Hall–Kier alpha value is -2.15. The minimum absolute atomic E-state index is 0.0422. The molecule has 0 aliphatic carbocycles. The SMILES string of the molecule is O=C(Cc1csc(Nc2cccc(Cl)c2)n1)Nc1ccc(F)c(Cl)c1. The van der Waals surface area contributed by atoms with Gasteiger partial charge in [-0.3, -0.25) is 4.79 Å². The van der Waals surface area contributed by atoms with Crippen LogP contribution in [-0.2, 0) is 11.2 Å². The molecule has 8 heteroatoms. The number of rotatable bonds is 5. The Morgan fingerprint density at radius 1 is 1.16 bits per heavy atom. The summed E-state index contributed by atoms with van der Waals surface area (Å²) in [5.41, 5.74) is 1.88. The summed E-state index contributed by atoms with van der Waals surface area (Å²) in [7, 11) is 0. The number of hydrogen-bond acceptors (Lipinski definition) is 4. The van der Waals surface area contributed by atoms with Gasteiger partial charge in [-0.2, -0.15) is 0 Å². The summed E-state index contributed by atoms with van der Waals surface area (Å²) in [6.07, 6.45) is 0.0999. The van der Waals surface area contributed by atoms with Gasteiger partial charge in [0.1, 0.15) is 5.82 Å². The average molecular weight is 396 g/mol. The molecule has 2 N–H and O–H groups in total. The molecule has 0 fully saturated rings. The van der Waals surface area contributed by atoms with Crippen LogP contribution < -0.4 is 10.6 Å². The highest BCUT2D eigenvalue weighted by Crippen LogP contribution is 2.24. The zero-order valence-electron chi connectivity index (χ0n) is 12.7. The lowest BCUT2D eigenvalue weighted by molar-refractivity contribution is -0.115. The Morgan fingerprint density at radius 2 is 2.00 bits per heavy atom. The molecule has 1 aromatic heterocycles. The van der Waals surface area contributed by atoms with Crippen LogP contribution in [0.4, 0.5) is 20.9 Å². The molecular formula is C17H12Cl2FN3OS. The van der Waals surface area contributed by atoms with Gasteiger partial charge in [0.15, 0.2) is 5.13 Å². The van der Waals surface area contributed by atoms with Gasteiger partial charge in [-0.15, -0.1) is 11.3 Å². The Morgan fingerprint density at radius 3 is 2.76 bits per heavy atom. The van der Waals surface area contributed by atoms with E-state index in [1.54, 1.807) is 17.5 Å². The predicted octanol–water partition coefficient (Wildman–Crippen LogP) is 5.51. The van der Waals surface area contributed by atoms with Crippen molar-refractivity contribution in [2.24, 2.45) is 0 Å². The lowest BCUT2D eigenvalue weighted by atomic mass is 10.2. The third-order valence-electron chi connectivity index (χ3n) is 3.17. The molecule has 0 aliphatic heterocycles. The third-order valence-corrected chi connectivity index (χ3v) is 4.50. The van der Waals surface area contributed by atoms with Crippen molar-refractivity contribution >= 4 is 57.0 Å². The molecule has 0 radical (unpaired) electrons. The van der Waals surface area contributed by atoms with E-state index in [0.29, 0.717) is 21.5 Å². The molecule has 2 aromatic carbocycles. The largest absolute Gasteiger partial charge is 0.331 e. The number of thiazole rings is 1. The number of anilines is 3. The summed E-state index contributed by atoms with van der Waals surface area (Å²) in [5, 5.41) is 8.84. The summed E-state index contributed by atoms with van der Waals surface area (Å²) in [6, 6.07) is 11.3. The molecule has 1 heterocycles. The topological polar surface area (TPSA) is 54.0 Å². The fourth-order valence-corrected chi connectivity index (χ4v) is 3.18. The van der Waals surface area contributed by atoms with Crippen molar-refractivity contribution in [3.8, 4) is 0 Å². The number of carbonyl (C=O) groups is 1. The van der Waals surface area contributed by atoms with Crippen molar-refractivity contribution in [1.82, 2.24) is 4.98 Å². The third kappa shape index (κ3) is 4.92. The Balaban J connectivity index is 1.60. The fourth-order valence-electron chi connectivity index (χ4n) is 2.08. The summed E-state index contributed by atoms with van der Waals surface area (Å²) in [4.78, 5) is 16.4. The molecule has 0 saturated heterocycles. The first-order valence-corrected chi connectivity index (χ1v) is 8.85. The molecule has 0 unspecified atom stereocenters. The quantitative estimate of drug-likeness (QED) is 0.598. The zero-order chi connectivity index (χ0) is 17.8. The van der Waals surface area contributed by atoms with Gasteiger partial charge < -0.3 is 10.6 Å². The maximum Gasteiger partial charge on any atom is 0.230 e. The smallest absolute Gasteiger partial charge is 0.230 e. The van der Waals surface area contributed by atoms with Crippen LogP contribution in [0, 0.1) is 5.82 Å². The second-order valence-corrected chi connectivity index (χ2v) is 6.83. The molecule has 128 valence electrons. The van der Waals surface area contributed by atoms with E-state index in [9.17, 15) is 9.18 Å². The number of benzene rings is 2. The van der Waals surface area contributed by atoms with E-state index in [2.05, 4.69) is 15.6 Å². The highest BCUT2D eigenvalue weighted by molar-refractivity contribution is 7.13. The van der Waals surface area contributed by atoms with Crippen molar-refractivity contribution < 1.29 is 9.18 Å². The summed E-state index contributed by atoms with van der Waals surface area (Å²) >= 11 is 13.0. The van der Waals surface area contributed by atoms with Crippen LogP contribution in [0.15, 0.2) is 47.8 Å². The van der Waals surface area contributed by atoms with Crippen LogP contribution in [0.25, 0.3) is 0 Å². The highest BCUT2D eigenvalue weighted by Gasteiger charge is 2.10. The lowest BCUT2D eigenvalue weighted by Crippen LogP contribution is -2.14. The molecule has 0 aliphatic rings. The summed E-state index contributed by atoms with van der Waals surface area (Å²) in [5.74, 6) is -0.793. The van der Waals surface area contributed by atoms with Crippen molar-refractivity contribution in [1.29, 1.82) is 0 Å². The van der Waals surface area contributed by atoms with Gasteiger partial charge in [0.05, 0.1) is 17.1 Å². The summed E-state index contributed by atoms with van der Waals surface area (Å²) < 4.78 is 13.1. The molecule has 0 saturated carbocycles. The maximum absolute atomic E-state index is 13.1. The zero-order valence-corrected chi connectivity index (χ0v) is 15.1. The molecule has 25 heavy (non-hydrogen) atoms. The Labute approximate surface area is 157 Å². The van der Waals surface area contributed by atoms with E-state index in [1.807, 2.05) is 12.1 Å². The highest BCUT2D eigenvalue weighted by atomic mass is 35.5. The minimum Gasteiger partial charge on any atom is -0.331 e. The van der Waals surface area contributed by atoms with Gasteiger partial charge in [0, 0.05) is 21.8 Å². The van der Waals surface area contributed by atoms with Crippen LogP contribution in [0.1, 0.15) is 5.69 Å². The van der Waals surface area contributed by atoms with Gasteiger partial charge in [0.25, 0.3) is 0 Å². The number of halogens is 3. The van der Waals surface area contributed by atoms with Gasteiger partial charge in [0.2, 0.25) is 5.91 Å². The second-order valence-electron chi connectivity index (χ2n) is 5.13. The first kappa shape index (κ1) is 17.7. The van der Waals surface area contributed by atoms with Gasteiger partial charge in [-0.25, -0.2) is 9.37 Å². The molecule has 0 spiro atoms. The van der Waals surface area contributed by atoms with Crippen molar-refractivity contribution in [3.63, 3.8) is 0 Å². The Bertz CT molecular complexity index is 916. The molecule has 0 bridgehead atoms. The van der Waals surface area contributed by atoms with Crippen LogP contribution >= 0.6 is 34.5 Å². The number of nitrogens with zero attached hydrogens (tertiary/aromatic N) is 1. The van der Waals surface area contributed by atoms with Gasteiger partial charge in [-0.1, -0.05) is 29.3 Å². The Kier molecular flexibility index (Phi) is 5.53. The number of amides is 1. The molecule has 4 nitrogen and oxygen atoms in total. The van der Waals surface area contributed by atoms with Crippen molar-refractivity contribution in [3.05, 3.63) is 69.4 Å². The fraction of sp³-hybridized carbons (Fsp3) is 0.0588. The first-order chi connectivity index (χ1) is 12.0. The van der Waals surface area contributed by atoms with Crippen molar-refractivity contribution in [2.45, 2.75) is 6.42 Å². The number of carbonyl (C=O) groups excluding carboxylic acids is 1. The van der Waals surface area contributed by atoms with E-state index in [0.717, 1.165) is 5.69 Å². The maximum atomic E-state index is 13.1. The van der Waals surface area contributed by atoms with Crippen LogP contribution in [0.2, 0.25) is 10.0 Å². The first-order valence-electron chi connectivity index (χ1n) is 7.21. The van der Waals surface area contributed by atoms with Crippen LogP contribution in [0.3, 0.4) is 0 Å². The second kappa shape index (κ2) is 7.82. The number of nitrogens with one attached hydrogen (secondary N) is 2. The lowest BCUT2D eigenvalue weighted by Gasteiger charge is -2.05. The molecule has 3 aromatic rings. The van der Waals surface area contributed by atoms with Gasteiger partial charge in [-0.05, 0) is 36.4 Å². The van der Waals surface area contributed by atoms with E-state index in [-0.39, 0.29) is 17.4 Å². The van der Waals surface area contributed by atoms with Crippen LogP contribution in [0.5, 0.6) is 0 Å². The normalized spacial score (nSPS) is 10.5. The molecular weight excluding hydrogens is 384 g/mol. The van der Waals surface area contributed by atoms with E-state index in [1.165, 1.54) is 29.5 Å². The monoisotopic (exact) mass is 395 g/mol. The molecule has 1 amide bonds. The predicted molar refractivity (Wildman–Crippen MR) is 101 cm³/mol.